The van der Waals surface area contributed by atoms with Crippen molar-refractivity contribution >= 4 is 22.8 Å². The van der Waals surface area contributed by atoms with E-state index in [0.29, 0.717) is 17.1 Å². The van der Waals surface area contributed by atoms with Gasteiger partial charge in [-0.2, -0.15) is 4.98 Å². The molecule has 0 spiro atoms. The van der Waals surface area contributed by atoms with E-state index in [0.717, 1.165) is 25.9 Å². The Bertz CT molecular complexity index is 646. The summed E-state index contributed by atoms with van der Waals surface area (Å²) >= 11 is 0. The van der Waals surface area contributed by atoms with Crippen molar-refractivity contribution in [3.63, 3.8) is 0 Å². The smallest absolute Gasteiger partial charge is 0.296 e. The van der Waals surface area contributed by atoms with Crippen LogP contribution in [0, 0.1) is 10.1 Å². The molecule has 0 saturated carbocycles. The van der Waals surface area contributed by atoms with Crippen molar-refractivity contribution in [1.82, 2.24) is 10.3 Å². The van der Waals surface area contributed by atoms with Crippen LogP contribution in [0.3, 0.4) is 0 Å². The highest BCUT2D eigenvalue weighted by Crippen LogP contribution is 2.27. The second-order valence-corrected chi connectivity index (χ2v) is 5.36. The Kier molecular flexibility index (Phi) is 3.06. The topological polar surface area (TPSA) is 93.2 Å². The quantitative estimate of drug-likeness (QED) is 0.660. The van der Waals surface area contributed by atoms with Crippen molar-refractivity contribution in [2.75, 3.05) is 18.4 Å². The minimum Gasteiger partial charge on any atom is -0.424 e. The van der Waals surface area contributed by atoms with Crippen LogP contribution in [0.25, 0.3) is 11.1 Å². The van der Waals surface area contributed by atoms with Crippen LogP contribution in [0.1, 0.15) is 19.8 Å². The second-order valence-electron chi connectivity index (χ2n) is 5.36. The highest BCUT2D eigenvalue weighted by molar-refractivity contribution is 5.77. The summed E-state index contributed by atoms with van der Waals surface area (Å²) in [5.41, 5.74) is 1.01. The summed E-state index contributed by atoms with van der Waals surface area (Å²) in [6.45, 7) is 4.04. The van der Waals surface area contributed by atoms with Crippen LogP contribution < -0.4 is 10.6 Å². The number of aromatic nitrogens is 1. The van der Waals surface area contributed by atoms with Crippen molar-refractivity contribution < 1.29 is 9.34 Å². The Hall–Kier alpha value is -2.15. The largest absolute Gasteiger partial charge is 0.424 e. The van der Waals surface area contributed by atoms with Gasteiger partial charge in [0.25, 0.3) is 11.7 Å². The lowest BCUT2D eigenvalue weighted by Crippen LogP contribution is -2.45. The van der Waals surface area contributed by atoms with E-state index in [1.807, 2.05) is 0 Å². The number of anilines is 1. The predicted molar refractivity (Wildman–Crippen MR) is 74.8 cm³/mol. The molecule has 2 N–H and O–H groups in total. The van der Waals surface area contributed by atoms with E-state index in [9.17, 15) is 10.1 Å². The van der Waals surface area contributed by atoms with Gasteiger partial charge in [0.2, 0.25) is 0 Å². The summed E-state index contributed by atoms with van der Waals surface area (Å²) in [7, 11) is 0. The zero-order valence-electron chi connectivity index (χ0n) is 11.2. The monoisotopic (exact) mass is 276 g/mol. The van der Waals surface area contributed by atoms with Gasteiger partial charge >= 0.3 is 0 Å². The molecular weight excluding hydrogens is 260 g/mol. The lowest BCUT2D eigenvalue weighted by atomic mass is 9.91. The van der Waals surface area contributed by atoms with Crippen LogP contribution >= 0.6 is 0 Å². The maximum atomic E-state index is 10.7. The average molecular weight is 276 g/mol. The van der Waals surface area contributed by atoms with E-state index in [4.69, 9.17) is 4.42 Å². The van der Waals surface area contributed by atoms with Gasteiger partial charge < -0.3 is 15.1 Å². The van der Waals surface area contributed by atoms with Gasteiger partial charge in [-0.3, -0.25) is 10.1 Å². The molecule has 0 atom stereocenters. The number of hydrogen-bond acceptors (Lipinski definition) is 6. The van der Waals surface area contributed by atoms with Crippen molar-refractivity contribution in [2.24, 2.45) is 0 Å². The highest BCUT2D eigenvalue weighted by atomic mass is 16.6. The Morgan fingerprint density at radius 3 is 2.90 bits per heavy atom. The van der Waals surface area contributed by atoms with Crippen LogP contribution in [0.15, 0.2) is 22.6 Å². The fourth-order valence-corrected chi connectivity index (χ4v) is 2.44. The average Bonchev–Trinajstić information content (AvgIpc) is 2.79. The molecule has 106 valence electrons. The lowest BCUT2D eigenvalue weighted by Gasteiger charge is -2.34. The zero-order valence-corrected chi connectivity index (χ0v) is 11.2. The standard InChI is InChI=1S/C13H16N4O3/c1-13(4-6-14-7-5-13)16-12-15-10-8-9(17(18)19)2-3-11(10)20-12/h2-3,8,14H,4-7H2,1H3,(H,15,16). The number of nitro benzene ring substituents is 1. The maximum Gasteiger partial charge on any atom is 0.296 e. The molecule has 1 fully saturated rings. The molecule has 1 aliphatic rings. The van der Waals surface area contributed by atoms with E-state index in [1.165, 1.54) is 12.1 Å². The molecule has 0 bridgehead atoms. The fourth-order valence-electron chi connectivity index (χ4n) is 2.44. The third-order valence-corrected chi connectivity index (χ3v) is 3.70. The number of fused-ring (bicyclic) bond motifs is 1. The highest BCUT2D eigenvalue weighted by Gasteiger charge is 2.28. The Balaban J connectivity index is 1.87. The summed E-state index contributed by atoms with van der Waals surface area (Å²) in [4.78, 5) is 14.6. The van der Waals surface area contributed by atoms with Crippen LogP contribution in [-0.2, 0) is 0 Å². The third kappa shape index (κ3) is 2.44. The molecule has 7 nitrogen and oxygen atoms in total. The molecule has 2 heterocycles. The van der Waals surface area contributed by atoms with Gasteiger partial charge in [-0.15, -0.1) is 0 Å². The maximum absolute atomic E-state index is 10.7. The number of nitrogens with zero attached hydrogens (tertiary/aromatic N) is 2. The first-order valence-electron chi connectivity index (χ1n) is 6.60. The second kappa shape index (κ2) is 4.75. The number of rotatable bonds is 3. The Morgan fingerprint density at radius 2 is 2.20 bits per heavy atom. The van der Waals surface area contributed by atoms with Gasteiger partial charge in [0.05, 0.1) is 4.92 Å². The van der Waals surface area contributed by atoms with Gasteiger partial charge in [-0.1, -0.05) is 0 Å². The minimum atomic E-state index is -0.435. The summed E-state index contributed by atoms with van der Waals surface area (Å²) in [6.07, 6.45) is 1.96. The minimum absolute atomic E-state index is 0.0189. The number of hydrogen-bond donors (Lipinski definition) is 2. The van der Waals surface area contributed by atoms with Gasteiger partial charge in [0.15, 0.2) is 5.58 Å². The number of benzene rings is 1. The van der Waals surface area contributed by atoms with E-state index >= 15 is 0 Å². The number of nitrogens with one attached hydrogen (secondary N) is 2. The van der Waals surface area contributed by atoms with Crippen molar-refractivity contribution in [2.45, 2.75) is 25.3 Å². The predicted octanol–water partition coefficient (Wildman–Crippen LogP) is 2.29. The van der Waals surface area contributed by atoms with E-state index in [2.05, 4.69) is 22.5 Å². The van der Waals surface area contributed by atoms with Gasteiger partial charge in [0.1, 0.15) is 5.52 Å². The fraction of sp³-hybridized carbons (Fsp3) is 0.462. The van der Waals surface area contributed by atoms with Gasteiger partial charge in [0, 0.05) is 17.7 Å². The number of oxazole rings is 1. The molecule has 0 radical (unpaired) electrons. The molecule has 1 saturated heterocycles. The molecule has 3 rings (SSSR count). The molecule has 1 aromatic carbocycles. The number of nitro groups is 1. The Labute approximate surface area is 115 Å². The van der Waals surface area contributed by atoms with Gasteiger partial charge in [-0.05, 0) is 38.9 Å². The first kappa shape index (κ1) is 12.9. The number of piperidine rings is 1. The van der Waals surface area contributed by atoms with Crippen LogP contribution in [-0.4, -0.2) is 28.5 Å². The Morgan fingerprint density at radius 1 is 1.45 bits per heavy atom. The first-order chi connectivity index (χ1) is 9.56. The zero-order chi connectivity index (χ0) is 14.2. The van der Waals surface area contributed by atoms with Crippen LogP contribution in [0.4, 0.5) is 11.7 Å². The summed E-state index contributed by atoms with van der Waals surface area (Å²) in [5.74, 6) is 0. The molecule has 1 aliphatic heterocycles. The van der Waals surface area contributed by atoms with E-state index in [1.54, 1.807) is 6.07 Å². The lowest BCUT2D eigenvalue weighted by molar-refractivity contribution is -0.384. The van der Waals surface area contributed by atoms with Crippen molar-refractivity contribution in [3.8, 4) is 0 Å². The molecule has 7 heteroatoms. The molecule has 0 aliphatic carbocycles. The molecule has 0 amide bonds. The molecule has 20 heavy (non-hydrogen) atoms. The summed E-state index contributed by atoms with van der Waals surface area (Å²) < 4.78 is 5.61. The van der Waals surface area contributed by atoms with Crippen molar-refractivity contribution in [1.29, 1.82) is 0 Å². The molecule has 2 aromatic rings. The normalized spacial score (nSPS) is 18.1. The molecule has 1 aromatic heterocycles. The number of non-ortho nitro benzene ring substituents is 1. The summed E-state index contributed by atoms with van der Waals surface area (Å²) in [6, 6.07) is 4.85. The van der Waals surface area contributed by atoms with Crippen molar-refractivity contribution in [3.05, 3.63) is 28.3 Å². The van der Waals surface area contributed by atoms with Crippen LogP contribution in [0.2, 0.25) is 0 Å². The van der Waals surface area contributed by atoms with Gasteiger partial charge in [-0.25, -0.2) is 0 Å². The van der Waals surface area contributed by atoms with E-state index in [-0.39, 0.29) is 11.2 Å². The first-order valence-corrected chi connectivity index (χ1v) is 6.60. The van der Waals surface area contributed by atoms with Crippen LogP contribution in [0.5, 0.6) is 0 Å². The SMILES string of the molecule is CC1(Nc2nc3cc([N+](=O)[O-])ccc3o2)CCNCC1. The van der Waals surface area contributed by atoms with E-state index < -0.39 is 4.92 Å². The molecule has 0 unspecified atom stereocenters. The summed E-state index contributed by atoms with van der Waals surface area (Å²) in [5, 5.41) is 17.4. The third-order valence-electron chi connectivity index (χ3n) is 3.70. The molecular formula is C13H16N4O3.